The van der Waals surface area contributed by atoms with Crippen LogP contribution in [0.2, 0.25) is 0 Å². The minimum absolute atomic E-state index is 0.0186. The van der Waals surface area contributed by atoms with E-state index in [1.54, 1.807) is 11.3 Å². The fraction of sp³-hybridized carbons (Fsp3) is 0.455. The lowest BCUT2D eigenvalue weighted by molar-refractivity contribution is -0.128. The van der Waals surface area contributed by atoms with Crippen molar-refractivity contribution in [1.29, 1.82) is 0 Å². The molecule has 0 bridgehead atoms. The summed E-state index contributed by atoms with van der Waals surface area (Å²) in [6.45, 7) is 10.4. The summed E-state index contributed by atoms with van der Waals surface area (Å²) in [4.78, 5) is 30.8. The van der Waals surface area contributed by atoms with Crippen LogP contribution >= 0.6 is 11.3 Å². The zero-order chi connectivity index (χ0) is 20.8. The van der Waals surface area contributed by atoms with Gasteiger partial charge >= 0.3 is 0 Å². The average Bonchev–Trinajstić information content (AvgIpc) is 3.22. The maximum absolute atomic E-state index is 12.5. The second kappa shape index (κ2) is 10.0. The van der Waals surface area contributed by atoms with E-state index in [0.29, 0.717) is 0 Å². The van der Waals surface area contributed by atoms with Gasteiger partial charge in [0.2, 0.25) is 11.8 Å². The van der Waals surface area contributed by atoms with Crippen LogP contribution in [0.4, 0.5) is 5.69 Å². The predicted molar refractivity (Wildman–Crippen MR) is 118 cm³/mol. The first kappa shape index (κ1) is 21.5. The summed E-state index contributed by atoms with van der Waals surface area (Å²) < 4.78 is 0. The monoisotopic (exact) mass is 414 g/mol. The van der Waals surface area contributed by atoms with Crippen LogP contribution in [0, 0.1) is 13.8 Å². The summed E-state index contributed by atoms with van der Waals surface area (Å²) in [7, 11) is 0. The zero-order valence-corrected chi connectivity index (χ0v) is 18.2. The average molecular weight is 415 g/mol. The second-order valence-corrected chi connectivity index (χ2v) is 8.63. The first-order chi connectivity index (χ1) is 13.9. The van der Waals surface area contributed by atoms with E-state index in [1.165, 1.54) is 4.88 Å². The number of piperazine rings is 1. The number of rotatable bonds is 7. The van der Waals surface area contributed by atoms with E-state index in [0.717, 1.165) is 49.5 Å². The number of anilines is 1. The Bertz CT molecular complexity index is 809. The number of carbonyl (C=O) groups is 2. The van der Waals surface area contributed by atoms with E-state index in [4.69, 9.17) is 0 Å². The van der Waals surface area contributed by atoms with Crippen LogP contribution in [0.15, 0.2) is 35.7 Å². The van der Waals surface area contributed by atoms with E-state index < -0.39 is 0 Å². The van der Waals surface area contributed by atoms with E-state index in [2.05, 4.69) is 37.9 Å². The third kappa shape index (κ3) is 5.88. The van der Waals surface area contributed by atoms with Gasteiger partial charge in [-0.2, -0.15) is 0 Å². The second-order valence-electron chi connectivity index (χ2n) is 7.60. The summed E-state index contributed by atoms with van der Waals surface area (Å²) in [6, 6.07) is 9.88. The molecular weight excluding hydrogens is 384 g/mol. The Hall–Kier alpha value is -2.22. The van der Waals surface area contributed by atoms with Crippen molar-refractivity contribution in [3.8, 4) is 0 Å². The van der Waals surface area contributed by atoms with E-state index in [1.807, 2.05) is 39.0 Å². The molecule has 0 unspecified atom stereocenters. The van der Waals surface area contributed by atoms with Crippen molar-refractivity contribution in [2.75, 3.05) is 38.0 Å². The summed E-state index contributed by atoms with van der Waals surface area (Å²) in [5.41, 5.74) is 2.85. The van der Waals surface area contributed by atoms with Gasteiger partial charge in [-0.1, -0.05) is 24.3 Å². The van der Waals surface area contributed by atoms with Gasteiger partial charge in [-0.3, -0.25) is 19.4 Å². The fourth-order valence-corrected chi connectivity index (χ4v) is 4.35. The molecule has 0 aliphatic carbocycles. The van der Waals surface area contributed by atoms with Crippen LogP contribution in [-0.4, -0.2) is 60.4 Å². The standard InChI is InChI=1S/C22H30N4O2S/c1-16-6-4-7-17(2)21(16)24-20(27)14-23-22(28)18(3)26-11-9-25(10-12-26)15-19-8-5-13-29-19/h4-8,13,18H,9-12,14-15H2,1-3H3,(H,23,28)(H,24,27)/t18-/m0/s1. The van der Waals surface area contributed by atoms with Crippen molar-refractivity contribution in [2.24, 2.45) is 0 Å². The molecule has 2 aromatic rings. The van der Waals surface area contributed by atoms with Crippen molar-refractivity contribution in [1.82, 2.24) is 15.1 Å². The molecule has 6 nitrogen and oxygen atoms in total. The molecule has 1 aliphatic rings. The number of thiophene rings is 1. The van der Waals surface area contributed by atoms with Crippen molar-refractivity contribution in [2.45, 2.75) is 33.4 Å². The van der Waals surface area contributed by atoms with Gasteiger partial charge in [-0.15, -0.1) is 11.3 Å². The number of carbonyl (C=O) groups excluding carboxylic acids is 2. The molecule has 1 atom stereocenters. The summed E-state index contributed by atoms with van der Waals surface area (Å²) in [5, 5.41) is 7.79. The van der Waals surface area contributed by atoms with Crippen molar-refractivity contribution >= 4 is 28.8 Å². The lowest BCUT2D eigenvalue weighted by atomic mass is 10.1. The van der Waals surface area contributed by atoms with Crippen LogP contribution in [0.1, 0.15) is 22.9 Å². The number of hydrogen-bond acceptors (Lipinski definition) is 5. The number of amides is 2. The molecule has 156 valence electrons. The van der Waals surface area contributed by atoms with Gasteiger partial charge in [0.05, 0.1) is 12.6 Å². The van der Waals surface area contributed by atoms with Crippen molar-refractivity contribution in [3.63, 3.8) is 0 Å². The van der Waals surface area contributed by atoms with Crippen molar-refractivity contribution < 1.29 is 9.59 Å². The number of nitrogens with zero attached hydrogens (tertiary/aromatic N) is 2. The number of hydrogen-bond donors (Lipinski definition) is 2. The number of para-hydroxylation sites is 1. The Kier molecular flexibility index (Phi) is 7.41. The third-order valence-electron chi connectivity index (χ3n) is 5.46. The highest BCUT2D eigenvalue weighted by molar-refractivity contribution is 7.09. The smallest absolute Gasteiger partial charge is 0.243 e. The summed E-state index contributed by atoms with van der Waals surface area (Å²) in [5.74, 6) is -0.308. The molecule has 1 aromatic heterocycles. The van der Waals surface area contributed by atoms with Gasteiger partial charge in [0.25, 0.3) is 0 Å². The molecule has 0 spiro atoms. The normalized spacial score (nSPS) is 16.4. The number of nitrogens with one attached hydrogen (secondary N) is 2. The van der Waals surface area contributed by atoms with E-state index in [9.17, 15) is 9.59 Å². The van der Waals surface area contributed by atoms with Crippen LogP contribution in [0.25, 0.3) is 0 Å². The highest BCUT2D eigenvalue weighted by atomic mass is 32.1. The molecule has 29 heavy (non-hydrogen) atoms. The molecule has 1 aliphatic heterocycles. The van der Waals surface area contributed by atoms with Gasteiger partial charge < -0.3 is 10.6 Å². The predicted octanol–water partition coefficient (Wildman–Crippen LogP) is 2.63. The zero-order valence-electron chi connectivity index (χ0n) is 17.4. The molecule has 1 saturated heterocycles. The molecular formula is C22H30N4O2S. The van der Waals surface area contributed by atoms with Crippen LogP contribution in [0.5, 0.6) is 0 Å². The van der Waals surface area contributed by atoms with Gasteiger partial charge in [-0.05, 0) is 43.3 Å². The van der Waals surface area contributed by atoms with Gasteiger partial charge in [0.15, 0.2) is 0 Å². The van der Waals surface area contributed by atoms with Crippen LogP contribution in [-0.2, 0) is 16.1 Å². The van der Waals surface area contributed by atoms with Gasteiger partial charge in [-0.25, -0.2) is 0 Å². The quantitative estimate of drug-likeness (QED) is 0.731. The lowest BCUT2D eigenvalue weighted by Crippen LogP contribution is -2.54. The molecule has 2 N–H and O–H groups in total. The lowest BCUT2D eigenvalue weighted by Gasteiger charge is -2.37. The highest BCUT2D eigenvalue weighted by Gasteiger charge is 2.25. The first-order valence-electron chi connectivity index (χ1n) is 10.1. The van der Waals surface area contributed by atoms with Gasteiger partial charge in [0.1, 0.15) is 0 Å². The molecule has 1 fully saturated rings. The molecule has 3 rings (SSSR count). The van der Waals surface area contributed by atoms with Crippen LogP contribution < -0.4 is 10.6 Å². The Morgan fingerprint density at radius 2 is 1.76 bits per heavy atom. The highest BCUT2D eigenvalue weighted by Crippen LogP contribution is 2.19. The molecule has 0 radical (unpaired) electrons. The minimum atomic E-state index is -0.244. The summed E-state index contributed by atoms with van der Waals surface area (Å²) in [6.07, 6.45) is 0. The van der Waals surface area contributed by atoms with Gasteiger partial charge in [0, 0.05) is 43.3 Å². The van der Waals surface area contributed by atoms with Crippen molar-refractivity contribution in [3.05, 3.63) is 51.7 Å². The summed E-state index contributed by atoms with van der Waals surface area (Å²) >= 11 is 1.78. The van der Waals surface area contributed by atoms with E-state index >= 15 is 0 Å². The van der Waals surface area contributed by atoms with E-state index in [-0.39, 0.29) is 24.4 Å². The number of aryl methyl sites for hydroxylation is 2. The molecule has 0 saturated carbocycles. The SMILES string of the molecule is Cc1cccc(C)c1NC(=O)CNC(=O)[C@H](C)N1CCN(Cc2cccs2)CC1. The largest absolute Gasteiger partial charge is 0.346 e. The maximum Gasteiger partial charge on any atom is 0.243 e. The Labute approximate surface area is 176 Å². The third-order valence-corrected chi connectivity index (χ3v) is 6.32. The Morgan fingerprint density at radius 3 is 2.38 bits per heavy atom. The topological polar surface area (TPSA) is 64.7 Å². The molecule has 2 amide bonds. The Morgan fingerprint density at radius 1 is 1.07 bits per heavy atom. The first-order valence-corrected chi connectivity index (χ1v) is 10.9. The molecule has 1 aromatic carbocycles. The number of benzene rings is 1. The van der Waals surface area contributed by atoms with Crippen LogP contribution in [0.3, 0.4) is 0 Å². The molecule has 7 heteroatoms. The minimum Gasteiger partial charge on any atom is -0.346 e. The molecule has 2 heterocycles. The Balaban J connectivity index is 1.42. The maximum atomic E-state index is 12.5. The fourth-order valence-electron chi connectivity index (χ4n) is 3.61.